The summed E-state index contributed by atoms with van der Waals surface area (Å²) in [6.07, 6.45) is 1.46. The van der Waals surface area contributed by atoms with E-state index < -0.39 is 11.6 Å². The highest BCUT2D eigenvalue weighted by Crippen LogP contribution is 2.42. The Labute approximate surface area is 111 Å². The maximum Gasteiger partial charge on any atom is 0.208 e. The summed E-state index contributed by atoms with van der Waals surface area (Å²) in [5.41, 5.74) is 6.51. The third-order valence-electron chi connectivity index (χ3n) is 2.63. The van der Waals surface area contributed by atoms with Crippen LogP contribution < -0.4 is 10.5 Å². The summed E-state index contributed by atoms with van der Waals surface area (Å²) in [5, 5.41) is 13.8. The minimum absolute atomic E-state index is 0.0567. The highest BCUT2D eigenvalue weighted by atomic mass is 79.9. The van der Waals surface area contributed by atoms with Gasteiger partial charge in [-0.3, -0.25) is 4.68 Å². The molecule has 2 rings (SSSR count). The number of halogens is 2. The molecule has 0 aliphatic rings. The lowest BCUT2D eigenvalue weighted by Gasteiger charge is -2.10. The topological polar surface area (TPSA) is 73.3 Å². The van der Waals surface area contributed by atoms with Crippen LogP contribution in [0.5, 0.6) is 11.5 Å². The first-order valence-electron chi connectivity index (χ1n) is 5.00. The van der Waals surface area contributed by atoms with Crippen molar-refractivity contribution in [1.29, 1.82) is 0 Å². The number of aromatic nitrogens is 2. The van der Waals surface area contributed by atoms with E-state index in [1.165, 1.54) is 24.1 Å². The molecular weight excluding hydrogens is 305 g/mol. The largest absolute Gasteiger partial charge is 0.504 e. The number of aromatic hydroxyl groups is 1. The van der Waals surface area contributed by atoms with E-state index in [-0.39, 0.29) is 11.3 Å². The number of ether oxygens (including phenoxy) is 1. The number of hydrogen-bond acceptors (Lipinski definition) is 4. The third kappa shape index (κ3) is 1.80. The zero-order chi connectivity index (χ0) is 13.4. The van der Waals surface area contributed by atoms with Crippen LogP contribution in [0.2, 0.25) is 0 Å². The normalized spacial score (nSPS) is 10.7. The fourth-order valence-electron chi connectivity index (χ4n) is 1.64. The number of hydrogen-bond donors (Lipinski definition) is 2. The fourth-order valence-corrected chi connectivity index (χ4v) is 2.20. The number of methoxy groups -OCH3 is 1. The van der Waals surface area contributed by atoms with E-state index in [2.05, 4.69) is 21.0 Å². The quantitative estimate of drug-likeness (QED) is 0.891. The van der Waals surface area contributed by atoms with Crippen molar-refractivity contribution in [2.45, 2.75) is 0 Å². The van der Waals surface area contributed by atoms with E-state index in [0.29, 0.717) is 15.9 Å². The average molecular weight is 316 g/mol. The van der Waals surface area contributed by atoms with Gasteiger partial charge in [-0.2, -0.15) is 9.49 Å². The van der Waals surface area contributed by atoms with Crippen LogP contribution in [0.1, 0.15) is 0 Å². The average Bonchev–Trinajstić information content (AvgIpc) is 2.66. The minimum atomic E-state index is -0.842. The summed E-state index contributed by atoms with van der Waals surface area (Å²) >= 11 is 3.18. The summed E-state index contributed by atoms with van der Waals surface area (Å²) < 4.78 is 20.5. The van der Waals surface area contributed by atoms with Crippen molar-refractivity contribution in [3.05, 3.63) is 22.6 Å². The Morgan fingerprint density at radius 3 is 2.67 bits per heavy atom. The molecule has 0 spiro atoms. The van der Waals surface area contributed by atoms with E-state index in [9.17, 15) is 9.50 Å². The Hall–Kier alpha value is -1.76. The zero-order valence-electron chi connectivity index (χ0n) is 9.74. The zero-order valence-corrected chi connectivity index (χ0v) is 11.3. The number of nitrogen functional groups attached to an aromatic ring is 1. The Bertz CT molecular complexity index is 613. The van der Waals surface area contributed by atoms with Gasteiger partial charge in [0.15, 0.2) is 11.5 Å². The second kappa shape index (κ2) is 4.49. The maximum absolute atomic E-state index is 13.9. The highest BCUT2D eigenvalue weighted by molar-refractivity contribution is 9.10. The first-order chi connectivity index (χ1) is 8.47. The fraction of sp³-hybridized carbons (Fsp3) is 0.182. The molecule has 96 valence electrons. The molecule has 7 heteroatoms. The van der Waals surface area contributed by atoms with E-state index in [1.54, 1.807) is 7.05 Å². The molecule has 0 amide bonds. The predicted molar refractivity (Wildman–Crippen MR) is 68.9 cm³/mol. The number of rotatable bonds is 2. The van der Waals surface area contributed by atoms with E-state index in [0.717, 1.165) is 0 Å². The predicted octanol–water partition coefficient (Wildman–Crippen LogP) is 2.29. The van der Waals surface area contributed by atoms with E-state index >= 15 is 0 Å². The molecule has 0 unspecified atom stereocenters. The number of nitrogens with zero attached hydrogens (tertiary/aromatic N) is 2. The molecule has 1 aromatic heterocycles. The summed E-state index contributed by atoms with van der Waals surface area (Å²) in [5.74, 6) is -1.08. The standard InChI is InChI=1S/C11H11BrFN3O2/c1-16-11(14)6(4-15-16)5-3-7(12)10(18-2)8(13)9(5)17/h3-4,17H,14H2,1-2H3. The Morgan fingerprint density at radius 1 is 1.50 bits per heavy atom. The Balaban J connectivity index is 2.70. The molecule has 0 atom stereocenters. The number of phenols is 1. The van der Waals surface area contributed by atoms with Gasteiger partial charge in [-0.25, -0.2) is 0 Å². The molecule has 18 heavy (non-hydrogen) atoms. The monoisotopic (exact) mass is 315 g/mol. The van der Waals surface area contributed by atoms with Gasteiger partial charge in [0.2, 0.25) is 5.82 Å². The smallest absolute Gasteiger partial charge is 0.208 e. The van der Waals surface area contributed by atoms with Gasteiger partial charge in [-0.05, 0) is 22.0 Å². The van der Waals surface area contributed by atoms with Gasteiger partial charge in [0.1, 0.15) is 5.82 Å². The Kier molecular flexibility index (Phi) is 3.16. The molecule has 0 aliphatic heterocycles. The lowest BCUT2D eigenvalue weighted by atomic mass is 10.1. The molecule has 1 aromatic carbocycles. The number of nitrogens with two attached hydrogens (primary N) is 1. The maximum atomic E-state index is 13.9. The molecule has 0 saturated carbocycles. The third-order valence-corrected chi connectivity index (χ3v) is 3.22. The first kappa shape index (κ1) is 12.7. The van der Waals surface area contributed by atoms with Crippen LogP contribution in [-0.4, -0.2) is 22.0 Å². The van der Waals surface area contributed by atoms with Crippen molar-refractivity contribution >= 4 is 21.7 Å². The van der Waals surface area contributed by atoms with Crippen LogP contribution in [0, 0.1) is 5.82 Å². The number of anilines is 1. The van der Waals surface area contributed by atoms with Gasteiger partial charge >= 0.3 is 0 Å². The number of phenolic OH excluding ortho intramolecular Hbond substituents is 1. The van der Waals surface area contributed by atoms with Crippen LogP contribution in [0.15, 0.2) is 16.7 Å². The van der Waals surface area contributed by atoms with Crippen LogP contribution in [0.25, 0.3) is 11.1 Å². The molecule has 0 radical (unpaired) electrons. The van der Waals surface area contributed by atoms with Gasteiger partial charge in [-0.15, -0.1) is 0 Å². The molecule has 0 saturated heterocycles. The van der Waals surface area contributed by atoms with Crippen LogP contribution in [0.4, 0.5) is 10.2 Å². The van der Waals surface area contributed by atoms with Gasteiger partial charge < -0.3 is 15.6 Å². The molecule has 0 aliphatic carbocycles. The lowest BCUT2D eigenvalue weighted by molar-refractivity contribution is 0.363. The van der Waals surface area contributed by atoms with Gasteiger partial charge in [0, 0.05) is 18.2 Å². The molecule has 0 bridgehead atoms. The van der Waals surface area contributed by atoms with Crippen molar-refractivity contribution in [3.63, 3.8) is 0 Å². The van der Waals surface area contributed by atoms with Crippen molar-refractivity contribution in [1.82, 2.24) is 9.78 Å². The SMILES string of the molecule is COc1c(Br)cc(-c2cnn(C)c2N)c(O)c1F. The second-order valence-electron chi connectivity index (χ2n) is 3.67. The van der Waals surface area contributed by atoms with Crippen molar-refractivity contribution in [2.24, 2.45) is 7.05 Å². The van der Waals surface area contributed by atoms with Crippen molar-refractivity contribution in [2.75, 3.05) is 12.8 Å². The number of benzene rings is 1. The van der Waals surface area contributed by atoms with Gasteiger partial charge in [0.05, 0.1) is 17.8 Å². The number of aryl methyl sites for hydroxylation is 1. The molecule has 1 heterocycles. The summed E-state index contributed by atoms with van der Waals surface area (Å²) in [7, 11) is 2.98. The molecule has 3 N–H and O–H groups in total. The molecule has 5 nitrogen and oxygen atoms in total. The molecule has 0 fully saturated rings. The highest BCUT2D eigenvalue weighted by Gasteiger charge is 2.20. The summed E-state index contributed by atoms with van der Waals surface area (Å²) in [4.78, 5) is 0. The van der Waals surface area contributed by atoms with Crippen LogP contribution >= 0.6 is 15.9 Å². The van der Waals surface area contributed by atoms with E-state index in [4.69, 9.17) is 10.5 Å². The van der Waals surface area contributed by atoms with Crippen LogP contribution in [0.3, 0.4) is 0 Å². The Morgan fingerprint density at radius 2 is 2.17 bits per heavy atom. The van der Waals surface area contributed by atoms with Gasteiger partial charge in [0.25, 0.3) is 0 Å². The lowest BCUT2D eigenvalue weighted by Crippen LogP contribution is -1.99. The van der Waals surface area contributed by atoms with Crippen LogP contribution in [-0.2, 0) is 7.05 Å². The molecular formula is C11H11BrFN3O2. The minimum Gasteiger partial charge on any atom is -0.504 e. The van der Waals surface area contributed by atoms with Gasteiger partial charge in [-0.1, -0.05) is 0 Å². The second-order valence-corrected chi connectivity index (χ2v) is 4.52. The molecule has 2 aromatic rings. The van der Waals surface area contributed by atoms with Crippen molar-refractivity contribution in [3.8, 4) is 22.6 Å². The van der Waals surface area contributed by atoms with Crippen molar-refractivity contribution < 1.29 is 14.2 Å². The first-order valence-corrected chi connectivity index (χ1v) is 5.79. The summed E-state index contributed by atoms with van der Waals surface area (Å²) in [6.45, 7) is 0. The summed E-state index contributed by atoms with van der Waals surface area (Å²) in [6, 6.07) is 1.53. The van der Waals surface area contributed by atoms with E-state index in [1.807, 2.05) is 0 Å².